The summed E-state index contributed by atoms with van der Waals surface area (Å²) in [5, 5.41) is 0. The highest BCUT2D eigenvalue weighted by Crippen LogP contribution is 2.37. The smallest absolute Gasteiger partial charge is 0.161 e. The van der Waals surface area contributed by atoms with Crippen LogP contribution in [-0.2, 0) is 60.3 Å². The van der Waals surface area contributed by atoms with Crippen LogP contribution < -0.4 is 0 Å². The SMILES string of the molecule is C.C=CCC1=C[C@H](OC2CCCCO2)CC1=O.C=CC[C@H]1C(=O)C[C@@H](OC2CCCCO2)[C@@H]1/C=C/[C@H](CCc1ccccc1)OC1CCCCO1.I/C=C/[C@H](CCc1ccccc1)OC1CCCCO1. The van der Waals surface area contributed by atoms with Crippen molar-refractivity contribution in [2.24, 2.45) is 11.8 Å². The van der Waals surface area contributed by atoms with E-state index < -0.39 is 0 Å². The summed E-state index contributed by atoms with van der Waals surface area (Å²) in [6, 6.07) is 21.1. The molecule has 2 aliphatic carbocycles. The molecule has 2 aromatic rings. The van der Waals surface area contributed by atoms with E-state index in [1.54, 1.807) is 6.08 Å². The van der Waals surface area contributed by atoms with E-state index in [1.165, 1.54) is 17.5 Å². The second kappa shape index (κ2) is 33.6. The first kappa shape index (κ1) is 57.8. The highest BCUT2D eigenvalue weighted by Gasteiger charge is 2.42. The Labute approximate surface area is 434 Å². The van der Waals surface area contributed by atoms with Crippen LogP contribution in [0.15, 0.2) is 120 Å². The van der Waals surface area contributed by atoms with Crippen molar-refractivity contribution in [3.05, 3.63) is 131 Å². The molecular formula is C59H83IO10. The van der Waals surface area contributed by atoms with Gasteiger partial charge in [0.25, 0.3) is 0 Å². The third-order valence-electron chi connectivity index (χ3n) is 13.4. The lowest BCUT2D eigenvalue weighted by Crippen LogP contribution is -2.31. The van der Waals surface area contributed by atoms with Crippen molar-refractivity contribution >= 4 is 34.2 Å². The third-order valence-corrected chi connectivity index (χ3v) is 13.9. The largest absolute Gasteiger partial charge is 0.353 e. The van der Waals surface area contributed by atoms with E-state index in [9.17, 15) is 9.59 Å². The first-order valence-corrected chi connectivity index (χ1v) is 27.2. The van der Waals surface area contributed by atoms with E-state index in [2.05, 4.69) is 109 Å². The van der Waals surface area contributed by atoms with Gasteiger partial charge in [-0.1, -0.05) is 115 Å². The lowest BCUT2D eigenvalue weighted by molar-refractivity contribution is -0.192. The number of ether oxygens (including phenoxy) is 8. The van der Waals surface area contributed by atoms with Gasteiger partial charge in [0.2, 0.25) is 0 Å². The number of carbonyl (C=O) groups excluding carboxylic acids is 2. The van der Waals surface area contributed by atoms with E-state index >= 15 is 0 Å². The van der Waals surface area contributed by atoms with Crippen molar-refractivity contribution in [2.45, 2.75) is 185 Å². The van der Waals surface area contributed by atoms with Crippen LogP contribution in [0.2, 0.25) is 0 Å². The summed E-state index contributed by atoms with van der Waals surface area (Å²) >= 11 is 2.25. The molecule has 0 radical (unpaired) electrons. The maximum atomic E-state index is 12.8. The molecular weight excluding hydrogens is 996 g/mol. The predicted molar refractivity (Wildman–Crippen MR) is 286 cm³/mol. The molecule has 10 atom stereocenters. The van der Waals surface area contributed by atoms with E-state index in [4.69, 9.17) is 37.9 Å². The molecule has 2 aromatic carbocycles. The van der Waals surface area contributed by atoms with E-state index in [0.29, 0.717) is 25.7 Å². The second-order valence-corrected chi connectivity index (χ2v) is 19.5. The van der Waals surface area contributed by atoms with Crippen LogP contribution >= 0.6 is 22.6 Å². The van der Waals surface area contributed by atoms with Gasteiger partial charge in [-0.3, -0.25) is 9.59 Å². The van der Waals surface area contributed by atoms with Crippen LogP contribution in [0, 0.1) is 11.8 Å². The summed E-state index contributed by atoms with van der Waals surface area (Å²) in [5.41, 5.74) is 3.49. The topological polar surface area (TPSA) is 108 Å². The van der Waals surface area contributed by atoms with Crippen molar-refractivity contribution in [1.82, 2.24) is 0 Å². The van der Waals surface area contributed by atoms with Gasteiger partial charge in [0.15, 0.2) is 30.9 Å². The molecule has 0 aromatic heterocycles. The molecule has 4 saturated heterocycles. The highest BCUT2D eigenvalue weighted by molar-refractivity contribution is 14.1. The van der Waals surface area contributed by atoms with Gasteiger partial charge < -0.3 is 37.9 Å². The van der Waals surface area contributed by atoms with E-state index in [-0.39, 0.29) is 80.4 Å². The van der Waals surface area contributed by atoms with Gasteiger partial charge in [-0.2, -0.15) is 0 Å². The molecule has 4 heterocycles. The number of hydrogen-bond acceptors (Lipinski definition) is 10. The fourth-order valence-corrected chi connectivity index (χ4v) is 10.1. The normalized spacial score (nSPS) is 27.9. The molecule has 1 saturated carbocycles. The first-order chi connectivity index (χ1) is 33.9. The van der Waals surface area contributed by atoms with Crippen molar-refractivity contribution in [2.75, 3.05) is 26.4 Å². The van der Waals surface area contributed by atoms with Crippen molar-refractivity contribution in [1.29, 1.82) is 0 Å². The molecule has 70 heavy (non-hydrogen) atoms. The lowest BCUT2D eigenvalue weighted by Gasteiger charge is -2.29. The quantitative estimate of drug-likeness (QED) is 0.0886. The Bertz CT molecular complexity index is 1860. The van der Waals surface area contributed by atoms with Crippen LogP contribution in [-0.4, -0.2) is 87.6 Å². The van der Waals surface area contributed by atoms with Crippen LogP contribution in [0.1, 0.15) is 134 Å². The Morgan fingerprint density at radius 1 is 0.629 bits per heavy atom. The van der Waals surface area contributed by atoms with Crippen LogP contribution in [0.4, 0.5) is 0 Å². The molecule has 10 nitrogen and oxygen atoms in total. The molecule has 0 spiro atoms. The van der Waals surface area contributed by atoms with E-state index in [0.717, 1.165) is 128 Å². The Balaban J connectivity index is 0.000000214. The number of hydrogen-bond donors (Lipinski definition) is 0. The standard InChI is InChI=1S/C29H40O5.C16H21IO2.C13H18O3.CH4/c1-2-10-24-25(27(21-26(24)30)34-29-14-7-9-20-32-29)18-17-23(33-28-13-6-8-19-31-28)16-15-22-11-4-3-5-12-22;17-12-11-15(19-16-8-4-5-13-18-16)10-9-14-6-2-1-3-7-14;1-2-5-10-8-11(9-12(10)14)16-13-6-3-4-7-15-13;/h2-5,11-12,17-18,23-25,27-29H,1,6-10,13-16,19-21H2;1-3,6-7,11-12,15-16H,4-5,8-10,13H2;2,8,11,13H,1,3-7,9H2;1H4/b18-17+;12-11+;;/t23-,24+,25+,27+,28?,29?;15-,16?;11-,13?;/m000./s1. The van der Waals surface area contributed by atoms with Crippen molar-refractivity contribution in [3.63, 3.8) is 0 Å². The lowest BCUT2D eigenvalue weighted by atomic mass is 9.90. The molecule has 5 fully saturated rings. The number of Topliss-reactive ketones (excluding diaryl/α,β-unsaturated/α-hetero) is 2. The van der Waals surface area contributed by atoms with Gasteiger partial charge in [-0.15, -0.1) is 13.2 Å². The monoisotopic (exact) mass is 1080 g/mol. The molecule has 6 aliphatic rings. The van der Waals surface area contributed by atoms with Gasteiger partial charge in [0.05, 0.1) is 24.4 Å². The van der Waals surface area contributed by atoms with Crippen LogP contribution in [0.25, 0.3) is 0 Å². The molecule has 0 bridgehead atoms. The molecule has 4 aliphatic heterocycles. The number of ketones is 2. The van der Waals surface area contributed by atoms with Crippen molar-refractivity contribution < 1.29 is 47.5 Å². The minimum atomic E-state index is -0.203. The number of aryl methyl sites for hydroxylation is 2. The summed E-state index contributed by atoms with van der Waals surface area (Å²) in [6.45, 7) is 10.6. The highest BCUT2D eigenvalue weighted by atomic mass is 127. The summed E-state index contributed by atoms with van der Waals surface area (Å²) in [4.78, 5) is 24.4. The molecule has 386 valence electrons. The van der Waals surface area contributed by atoms with Gasteiger partial charge in [-0.05, 0) is 149 Å². The Morgan fingerprint density at radius 3 is 1.60 bits per heavy atom. The molecule has 0 N–H and O–H groups in total. The van der Waals surface area contributed by atoms with Gasteiger partial charge in [-0.25, -0.2) is 0 Å². The van der Waals surface area contributed by atoms with Gasteiger partial charge >= 0.3 is 0 Å². The average molecular weight is 1080 g/mol. The number of halogens is 1. The summed E-state index contributed by atoms with van der Waals surface area (Å²) in [7, 11) is 0. The number of carbonyl (C=O) groups is 2. The number of allylic oxidation sites excluding steroid dienone is 3. The Morgan fingerprint density at radius 2 is 1.13 bits per heavy atom. The zero-order chi connectivity index (χ0) is 48.3. The summed E-state index contributed by atoms with van der Waals surface area (Å²) in [6.07, 6.45) is 30.2. The minimum absolute atomic E-state index is 0. The van der Waals surface area contributed by atoms with Crippen LogP contribution in [0.3, 0.4) is 0 Å². The maximum absolute atomic E-state index is 12.8. The Kier molecular flexibility index (Phi) is 27.7. The second-order valence-electron chi connectivity index (χ2n) is 18.8. The molecule has 8 rings (SSSR count). The average Bonchev–Trinajstić information content (AvgIpc) is 3.88. The maximum Gasteiger partial charge on any atom is 0.161 e. The third kappa shape index (κ3) is 20.8. The van der Waals surface area contributed by atoms with E-state index in [1.807, 2.05) is 22.3 Å². The molecule has 11 heteroatoms. The fourth-order valence-electron chi connectivity index (χ4n) is 9.65. The molecule has 0 amide bonds. The van der Waals surface area contributed by atoms with Gasteiger partial charge in [0.1, 0.15) is 5.78 Å². The predicted octanol–water partition coefficient (Wildman–Crippen LogP) is 13.3. The fraction of sp³-hybridized carbons (Fsp3) is 0.593. The number of benzene rings is 2. The van der Waals surface area contributed by atoms with Crippen LogP contribution in [0.5, 0.6) is 0 Å². The first-order valence-electron chi connectivity index (χ1n) is 26.0. The summed E-state index contributed by atoms with van der Waals surface area (Å²) in [5.74, 6) is 0.350. The van der Waals surface area contributed by atoms with Crippen molar-refractivity contribution in [3.8, 4) is 0 Å². The minimum Gasteiger partial charge on any atom is -0.353 e. The Hall–Kier alpha value is -3.11. The zero-order valence-electron chi connectivity index (χ0n) is 40.9. The zero-order valence-corrected chi connectivity index (χ0v) is 43.1. The number of rotatable bonds is 21. The molecule has 4 unspecified atom stereocenters. The van der Waals surface area contributed by atoms with Gasteiger partial charge in [0, 0.05) is 51.1 Å². The summed E-state index contributed by atoms with van der Waals surface area (Å²) < 4.78 is 49.4.